The van der Waals surface area contributed by atoms with Gasteiger partial charge in [0.15, 0.2) is 0 Å². The highest BCUT2D eigenvalue weighted by Crippen LogP contribution is 2.33. The molecule has 0 unspecified atom stereocenters. The number of piperazine rings is 1. The van der Waals surface area contributed by atoms with Gasteiger partial charge in [-0.3, -0.25) is 4.79 Å². The van der Waals surface area contributed by atoms with Crippen molar-refractivity contribution < 1.29 is 30.8 Å². The molecule has 2 aromatic carbocycles. The molecule has 0 saturated carbocycles. The Labute approximate surface area is 207 Å². The SMILES string of the molecule is CNS(=O)(=O)c1ccc(N2CCCCC2)c(C(=O)N2CCN(c3ccc(C(F)(F)F)cc3F)CC2)c1. The number of hydrogen-bond donors (Lipinski definition) is 1. The Hall–Kier alpha value is -2.86. The first-order valence-corrected chi connectivity index (χ1v) is 13.2. The van der Waals surface area contributed by atoms with E-state index in [9.17, 15) is 30.8 Å². The molecular formula is C24H28F4N4O3S. The Morgan fingerprint density at radius 2 is 1.47 bits per heavy atom. The van der Waals surface area contributed by atoms with Crippen molar-refractivity contribution in [3.63, 3.8) is 0 Å². The van der Waals surface area contributed by atoms with E-state index in [1.807, 2.05) is 0 Å². The van der Waals surface area contributed by atoms with Crippen molar-refractivity contribution >= 4 is 27.3 Å². The molecule has 7 nitrogen and oxygen atoms in total. The Balaban J connectivity index is 1.55. The summed E-state index contributed by atoms with van der Waals surface area (Å²) in [6.45, 7) is 2.39. The zero-order valence-corrected chi connectivity index (χ0v) is 20.6. The Morgan fingerprint density at radius 1 is 0.861 bits per heavy atom. The second-order valence-electron chi connectivity index (χ2n) is 8.88. The highest BCUT2D eigenvalue weighted by Gasteiger charge is 2.33. The van der Waals surface area contributed by atoms with Crippen LogP contribution < -0.4 is 14.5 Å². The van der Waals surface area contributed by atoms with Crippen LogP contribution in [0.15, 0.2) is 41.3 Å². The average Bonchev–Trinajstić information content (AvgIpc) is 2.88. The summed E-state index contributed by atoms with van der Waals surface area (Å²) < 4.78 is 80.1. The Bertz CT molecular complexity index is 1220. The Kier molecular flexibility index (Phi) is 7.46. The van der Waals surface area contributed by atoms with E-state index in [4.69, 9.17) is 0 Å². The molecule has 0 radical (unpaired) electrons. The maximum atomic E-state index is 14.4. The summed E-state index contributed by atoms with van der Waals surface area (Å²) in [5.74, 6) is -1.31. The van der Waals surface area contributed by atoms with Crippen molar-refractivity contribution in [2.24, 2.45) is 0 Å². The summed E-state index contributed by atoms with van der Waals surface area (Å²) in [6, 6.07) is 6.96. The molecule has 1 amide bonds. The molecule has 36 heavy (non-hydrogen) atoms. The smallest absolute Gasteiger partial charge is 0.371 e. The van der Waals surface area contributed by atoms with Gasteiger partial charge < -0.3 is 14.7 Å². The van der Waals surface area contributed by atoms with Crippen LogP contribution in [-0.4, -0.2) is 65.5 Å². The number of halogens is 4. The summed E-state index contributed by atoms with van der Waals surface area (Å²) in [5.41, 5.74) is -0.0567. The number of benzene rings is 2. The molecule has 2 aromatic rings. The second-order valence-corrected chi connectivity index (χ2v) is 10.8. The maximum absolute atomic E-state index is 14.4. The first kappa shape index (κ1) is 26.2. The molecule has 2 fully saturated rings. The molecular weight excluding hydrogens is 500 g/mol. The van der Waals surface area contributed by atoms with Crippen LogP contribution in [0.4, 0.5) is 28.9 Å². The summed E-state index contributed by atoms with van der Waals surface area (Å²) in [5, 5.41) is 0. The van der Waals surface area contributed by atoms with Crippen molar-refractivity contribution in [2.75, 3.05) is 56.1 Å². The molecule has 12 heteroatoms. The fraction of sp³-hybridized carbons (Fsp3) is 0.458. The third-order valence-electron chi connectivity index (χ3n) is 6.66. The normalized spacial score (nSPS) is 17.4. The van der Waals surface area contributed by atoms with Gasteiger partial charge in [-0.1, -0.05) is 0 Å². The number of hydrogen-bond acceptors (Lipinski definition) is 5. The van der Waals surface area contributed by atoms with Crippen LogP contribution in [0.2, 0.25) is 0 Å². The lowest BCUT2D eigenvalue weighted by Gasteiger charge is -2.37. The lowest BCUT2D eigenvalue weighted by atomic mass is 10.1. The first-order valence-electron chi connectivity index (χ1n) is 11.7. The van der Waals surface area contributed by atoms with E-state index in [-0.39, 0.29) is 48.2 Å². The quantitative estimate of drug-likeness (QED) is 0.600. The van der Waals surface area contributed by atoms with Crippen molar-refractivity contribution in [2.45, 2.75) is 30.3 Å². The van der Waals surface area contributed by atoms with Crippen LogP contribution >= 0.6 is 0 Å². The lowest BCUT2D eigenvalue weighted by molar-refractivity contribution is -0.137. The molecule has 1 N–H and O–H groups in total. The van der Waals surface area contributed by atoms with E-state index in [0.717, 1.165) is 44.5 Å². The largest absolute Gasteiger partial charge is 0.416 e. The zero-order chi connectivity index (χ0) is 26.1. The summed E-state index contributed by atoms with van der Waals surface area (Å²) >= 11 is 0. The number of anilines is 2. The third-order valence-corrected chi connectivity index (χ3v) is 8.07. The Morgan fingerprint density at radius 3 is 2.06 bits per heavy atom. The van der Waals surface area contributed by atoms with Crippen molar-refractivity contribution in [1.29, 1.82) is 0 Å². The van der Waals surface area contributed by atoms with Crippen molar-refractivity contribution in [3.05, 3.63) is 53.3 Å². The van der Waals surface area contributed by atoms with Gasteiger partial charge in [-0.2, -0.15) is 13.2 Å². The first-order chi connectivity index (χ1) is 17.0. The van der Waals surface area contributed by atoms with Crippen molar-refractivity contribution in [3.8, 4) is 0 Å². The van der Waals surface area contributed by atoms with Crippen LogP contribution in [0, 0.1) is 5.82 Å². The van der Waals surface area contributed by atoms with Gasteiger partial charge in [0, 0.05) is 45.0 Å². The predicted molar refractivity (Wildman–Crippen MR) is 128 cm³/mol. The van der Waals surface area contributed by atoms with Crippen LogP contribution in [0.25, 0.3) is 0 Å². The molecule has 196 valence electrons. The predicted octanol–water partition coefficient (Wildman–Crippen LogP) is 3.71. The highest BCUT2D eigenvalue weighted by atomic mass is 32.2. The maximum Gasteiger partial charge on any atom is 0.416 e. The topological polar surface area (TPSA) is 73.0 Å². The minimum absolute atomic E-state index is 0.0143. The van der Waals surface area contributed by atoms with E-state index in [1.165, 1.54) is 19.2 Å². The molecule has 0 atom stereocenters. The molecule has 2 heterocycles. The van der Waals surface area contributed by atoms with Gasteiger partial charge in [-0.05, 0) is 62.7 Å². The fourth-order valence-corrected chi connectivity index (χ4v) is 5.40. The van der Waals surface area contributed by atoms with Crippen LogP contribution in [0.1, 0.15) is 35.2 Å². The van der Waals surface area contributed by atoms with Crippen LogP contribution in [0.5, 0.6) is 0 Å². The second kappa shape index (κ2) is 10.3. The number of amides is 1. The standard InChI is InChI=1S/C24H28F4N4O3S/c1-29-36(34,35)18-6-8-21(30-9-3-2-4-10-30)19(16-18)23(33)32-13-11-31(12-14-32)22-7-5-17(15-20(22)25)24(26,27)28/h5-8,15-16,29H,2-4,9-14H2,1H3. The van der Waals surface area contributed by atoms with E-state index in [1.54, 1.807) is 15.9 Å². The number of rotatable bonds is 5. The van der Waals surface area contributed by atoms with Gasteiger partial charge in [0.1, 0.15) is 5.82 Å². The number of nitrogens with one attached hydrogen (secondary N) is 1. The fourth-order valence-electron chi connectivity index (χ4n) is 4.64. The highest BCUT2D eigenvalue weighted by molar-refractivity contribution is 7.89. The van der Waals surface area contributed by atoms with Gasteiger partial charge in [0.25, 0.3) is 5.91 Å². The number of nitrogens with zero attached hydrogens (tertiary/aromatic N) is 3. The lowest BCUT2D eigenvalue weighted by Crippen LogP contribution is -2.49. The van der Waals surface area contributed by atoms with Crippen LogP contribution in [0.3, 0.4) is 0 Å². The molecule has 2 saturated heterocycles. The minimum Gasteiger partial charge on any atom is -0.371 e. The molecule has 0 bridgehead atoms. The molecule has 0 spiro atoms. The van der Waals surface area contributed by atoms with E-state index in [0.29, 0.717) is 11.8 Å². The van der Waals surface area contributed by atoms with Gasteiger partial charge in [-0.25, -0.2) is 17.5 Å². The third kappa shape index (κ3) is 5.44. The summed E-state index contributed by atoms with van der Waals surface area (Å²) in [6.07, 6.45) is -1.59. The monoisotopic (exact) mass is 528 g/mol. The van der Waals surface area contributed by atoms with Crippen LogP contribution in [-0.2, 0) is 16.2 Å². The van der Waals surface area contributed by atoms with Gasteiger partial charge >= 0.3 is 6.18 Å². The van der Waals surface area contributed by atoms with E-state index < -0.39 is 27.6 Å². The summed E-state index contributed by atoms with van der Waals surface area (Å²) in [7, 11) is -2.46. The van der Waals surface area contributed by atoms with E-state index in [2.05, 4.69) is 9.62 Å². The molecule has 0 aromatic heterocycles. The number of carbonyl (C=O) groups is 1. The van der Waals surface area contributed by atoms with Gasteiger partial charge in [0.2, 0.25) is 10.0 Å². The number of sulfonamides is 1. The van der Waals surface area contributed by atoms with E-state index >= 15 is 0 Å². The molecule has 0 aliphatic carbocycles. The number of carbonyl (C=O) groups excluding carboxylic acids is 1. The number of alkyl halides is 3. The average molecular weight is 529 g/mol. The molecule has 2 aliphatic rings. The summed E-state index contributed by atoms with van der Waals surface area (Å²) in [4.78, 5) is 18.8. The molecule has 2 aliphatic heterocycles. The molecule has 4 rings (SSSR count). The zero-order valence-electron chi connectivity index (χ0n) is 19.8. The van der Waals surface area contributed by atoms with Gasteiger partial charge in [0.05, 0.1) is 21.7 Å². The van der Waals surface area contributed by atoms with Crippen molar-refractivity contribution in [1.82, 2.24) is 9.62 Å². The van der Waals surface area contributed by atoms with Gasteiger partial charge in [-0.15, -0.1) is 0 Å². The minimum atomic E-state index is -4.63. The number of piperidine rings is 1.